The first-order valence-electron chi connectivity index (χ1n) is 7.70. The molecule has 0 saturated carbocycles. The Morgan fingerprint density at radius 3 is 2.64 bits per heavy atom. The maximum Gasteiger partial charge on any atom is 0.119 e. The second-order valence-corrected chi connectivity index (χ2v) is 5.16. The second kappa shape index (κ2) is 6.52. The van der Waals surface area contributed by atoms with E-state index in [1.807, 2.05) is 25.4 Å². The van der Waals surface area contributed by atoms with Gasteiger partial charge in [0.2, 0.25) is 0 Å². The zero-order valence-electron chi connectivity index (χ0n) is 13.0. The molecule has 1 aromatic heterocycles. The third kappa shape index (κ3) is 3.06. The average Bonchev–Trinajstić information content (AvgIpc) is 2.97. The molecule has 0 aliphatic carbocycles. The van der Waals surface area contributed by atoms with Gasteiger partial charge < -0.3 is 14.6 Å². The summed E-state index contributed by atoms with van der Waals surface area (Å²) in [5.41, 5.74) is 4.51. The van der Waals surface area contributed by atoms with E-state index in [0.29, 0.717) is 6.61 Å². The molecule has 114 valence electrons. The molecule has 0 atom stereocenters. The molecule has 4 heteroatoms. The Balaban J connectivity index is 1.68. The van der Waals surface area contributed by atoms with Crippen LogP contribution in [0, 0.1) is 0 Å². The topological polar surface area (TPSA) is 39.1 Å². The van der Waals surface area contributed by atoms with E-state index in [2.05, 4.69) is 52.1 Å². The van der Waals surface area contributed by atoms with Crippen LogP contribution >= 0.6 is 0 Å². The van der Waals surface area contributed by atoms with Gasteiger partial charge in [0.25, 0.3) is 0 Å². The van der Waals surface area contributed by atoms with E-state index >= 15 is 0 Å². The summed E-state index contributed by atoms with van der Waals surface area (Å²) in [4.78, 5) is 4.44. The third-order valence-electron chi connectivity index (χ3n) is 3.69. The van der Waals surface area contributed by atoms with Gasteiger partial charge in [-0.25, -0.2) is 4.98 Å². The third-order valence-corrected chi connectivity index (χ3v) is 3.69. The van der Waals surface area contributed by atoms with E-state index in [1.165, 1.54) is 11.1 Å². The summed E-state index contributed by atoms with van der Waals surface area (Å²) in [6.07, 6.45) is 1.89. The van der Waals surface area contributed by atoms with Crippen LogP contribution in [0.25, 0.3) is 11.0 Å². The first-order chi connectivity index (χ1) is 10.8. The minimum atomic E-state index is 0.696. The maximum absolute atomic E-state index is 5.45. The number of rotatable bonds is 6. The molecular formula is C18H21N3O. The number of imidazole rings is 1. The summed E-state index contributed by atoms with van der Waals surface area (Å²) in [5, 5.41) is 3.44. The zero-order chi connectivity index (χ0) is 15.4. The van der Waals surface area contributed by atoms with Crippen molar-refractivity contribution in [3.8, 4) is 5.75 Å². The van der Waals surface area contributed by atoms with E-state index in [0.717, 1.165) is 30.0 Å². The van der Waals surface area contributed by atoms with Gasteiger partial charge in [-0.05, 0) is 49.7 Å². The Bertz CT molecular complexity index is 747. The molecule has 3 aromatic rings. The minimum absolute atomic E-state index is 0.696. The quantitative estimate of drug-likeness (QED) is 0.745. The number of hydrogen-bond acceptors (Lipinski definition) is 3. The first kappa shape index (κ1) is 14.4. The highest BCUT2D eigenvalue weighted by atomic mass is 16.5. The molecule has 1 N–H and O–H groups in total. The summed E-state index contributed by atoms with van der Waals surface area (Å²) in [5.74, 6) is 0.915. The van der Waals surface area contributed by atoms with Crippen molar-refractivity contribution < 1.29 is 4.74 Å². The van der Waals surface area contributed by atoms with Gasteiger partial charge in [-0.15, -0.1) is 0 Å². The Morgan fingerprint density at radius 1 is 1.09 bits per heavy atom. The standard InChI is InChI=1S/C18H21N3O/c1-3-21-13-20-17-11-15(7-10-18(17)21)19-12-14-5-8-16(9-6-14)22-4-2/h5-11,13,19H,3-4,12H2,1-2H3. The van der Waals surface area contributed by atoms with Crippen molar-refractivity contribution in [3.05, 3.63) is 54.4 Å². The van der Waals surface area contributed by atoms with Crippen LogP contribution in [0.2, 0.25) is 0 Å². The van der Waals surface area contributed by atoms with Crippen molar-refractivity contribution in [3.63, 3.8) is 0 Å². The van der Waals surface area contributed by atoms with Crippen LogP contribution in [0.4, 0.5) is 5.69 Å². The summed E-state index contributed by atoms with van der Waals surface area (Å²) in [6.45, 7) is 6.54. The minimum Gasteiger partial charge on any atom is -0.494 e. The molecule has 3 rings (SSSR count). The van der Waals surface area contributed by atoms with E-state index in [9.17, 15) is 0 Å². The number of anilines is 1. The molecule has 2 aromatic carbocycles. The highest BCUT2D eigenvalue weighted by molar-refractivity contribution is 5.79. The summed E-state index contributed by atoms with van der Waals surface area (Å²) >= 11 is 0. The molecule has 0 aliphatic heterocycles. The average molecular weight is 295 g/mol. The SMILES string of the molecule is CCOc1ccc(CNc2ccc3c(c2)ncn3CC)cc1. The number of aromatic nitrogens is 2. The Labute approximate surface area is 130 Å². The Hall–Kier alpha value is -2.49. The van der Waals surface area contributed by atoms with Crippen LogP contribution < -0.4 is 10.1 Å². The predicted octanol–water partition coefficient (Wildman–Crippen LogP) is 4.07. The fourth-order valence-electron chi connectivity index (χ4n) is 2.50. The highest BCUT2D eigenvalue weighted by Gasteiger charge is 2.02. The molecule has 0 fully saturated rings. The maximum atomic E-state index is 5.45. The first-order valence-corrected chi connectivity index (χ1v) is 7.70. The number of hydrogen-bond donors (Lipinski definition) is 1. The van der Waals surface area contributed by atoms with Gasteiger partial charge in [-0.2, -0.15) is 0 Å². The lowest BCUT2D eigenvalue weighted by molar-refractivity contribution is 0.340. The summed E-state index contributed by atoms with van der Waals surface area (Å²) in [7, 11) is 0. The molecule has 0 saturated heterocycles. The van der Waals surface area contributed by atoms with Gasteiger partial charge in [0.15, 0.2) is 0 Å². The van der Waals surface area contributed by atoms with Crippen LogP contribution in [0.5, 0.6) is 5.75 Å². The summed E-state index contributed by atoms with van der Waals surface area (Å²) in [6, 6.07) is 14.5. The fraction of sp³-hybridized carbons (Fsp3) is 0.278. The lowest BCUT2D eigenvalue weighted by Crippen LogP contribution is -2.00. The van der Waals surface area contributed by atoms with Gasteiger partial charge in [0.05, 0.1) is 24.0 Å². The van der Waals surface area contributed by atoms with E-state index in [-0.39, 0.29) is 0 Å². The van der Waals surface area contributed by atoms with Crippen LogP contribution in [-0.2, 0) is 13.1 Å². The molecule has 0 amide bonds. The highest BCUT2D eigenvalue weighted by Crippen LogP contribution is 2.19. The molecular weight excluding hydrogens is 274 g/mol. The molecule has 4 nitrogen and oxygen atoms in total. The molecule has 0 aliphatic rings. The number of ether oxygens (including phenoxy) is 1. The lowest BCUT2D eigenvalue weighted by Gasteiger charge is -2.08. The molecule has 0 radical (unpaired) electrons. The zero-order valence-corrected chi connectivity index (χ0v) is 13.0. The molecule has 1 heterocycles. The molecule has 0 unspecified atom stereocenters. The van der Waals surface area contributed by atoms with E-state index in [4.69, 9.17) is 4.74 Å². The number of benzene rings is 2. The van der Waals surface area contributed by atoms with Crippen LogP contribution in [-0.4, -0.2) is 16.2 Å². The van der Waals surface area contributed by atoms with Gasteiger partial charge in [-0.1, -0.05) is 12.1 Å². The van der Waals surface area contributed by atoms with Gasteiger partial charge in [0.1, 0.15) is 5.75 Å². The molecule has 0 spiro atoms. The van der Waals surface area contributed by atoms with Crippen LogP contribution in [0.15, 0.2) is 48.8 Å². The van der Waals surface area contributed by atoms with Crippen molar-refractivity contribution in [2.24, 2.45) is 0 Å². The largest absolute Gasteiger partial charge is 0.494 e. The smallest absolute Gasteiger partial charge is 0.119 e. The van der Waals surface area contributed by atoms with Gasteiger partial charge in [-0.3, -0.25) is 0 Å². The predicted molar refractivity (Wildman–Crippen MR) is 90.3 cm³/mol. The lowest BCUT2D eigenvalue weighted by atomic mass is 10.2. The van der Waals surface area contributed by atoms with Crippen molar-refractivity contribution in [2.75, 3.05) is 11.9 Å². The Morgan fingerprint density at radius 2 is 1.91 bits per heavy atom. The van der Waals surface area contributed by atoms with Crippen LogP contribution in [0.1, 0.15) is 19.4 Å². The second-order valence-electron chi connectivity index (χ2n) is 5.16. The Kier molecular flexibility index (Phi) is 4.28. The molecule has 22 heavy (non-hydrogen) atoms. The monoisotopic (exact) mass is 295 g/mol. The van der Waals surface area contributed by atoms with Crippen molar-refractivity contribution in [1.82, 2.24) is 9.55 Å². The van der Waals surface area contributed by atoms with Crippen molar-refractivity contribution in [1.29, 1.82) is 0 Å². The van der Waals surface area contributed by atoms with E-state index < -0.39 is 0 Å². The van der Waals surface area contributed by atoms with E-state index in [1.54, 1.807) is 0 Å². The van der Waals surface area contributed by atoms with Gasteiger partial charge in [0, 0.05) is 18.8 Å². The number of nitrogens with zero attached hydrogens (tertiary/aromatic N) is 2. The number of aryl methyl sites for hydroxylation is 1. The van der Waals surface area contributed by atoms with Crippen LogP contribution in [0.3, 0.4) is 0 Å². The van der Waals surface area contributed by atoms with Crippen molar-refractivity contribution in [2.45, 2.75) is 26.9 Å². The molecule has 0 bridgehead atoms. The normalized spacial score (nSPS) is 10.8. The fourth-order valence-corrected chi connectivity index (χ4v) is 2.50. The number of fused-ring (bicyclic) bond motifs is 1. The van der Waals surface area contributed by atoms with Gasteiger partial charge >= 0.3 is 0 Å². The number of nitrogens with one attached hydrogen (secondary N) is 1. The van der Waals surface area contributed by atoms with Crippen molar-refractivity contribution >= 4 is 16.7 Å². The summed E-state index contributed by atoms with van der Waals surface area (Å²) < 4.78 is 7.60.